The third-order valence-electron chi connectivity index (χ3n) is 5.06. The number of benzene rings is 3. The SMILES string of the molecule is COC(=O)C(NC(=O)Cn1c2ccccc2c(=O)c2ccccc21)c1ccccc1. The molecule has 1 amide bonds. The Morgan fingerprint density at radius 1 is 0.867 bits per heavy atom. The molecule has 6 nitrogen and oxygen atoms in total. The summed E-state index contributed by atoms with van der Waals surface area (Å²) < 4.78 is 6.66. The number of methoxy groups -OCH3 is 1. The summed E-state index contributed by atoms with van der Waals surface area (Å²) in [6.45, 7) is -0.0539. The summed E-state index contributed by atoms with van der Waals surface area (Å²) in [6, 6.07) is 22.4. The van der Waals surface area contributed by atoms with Gasteiger partial charge in [0, 0.05) is 10.8 Å². The van der Waals surface area contributed by atoms with Gasteiger partial charge >= 0.3 is 5.97 Å². The summed E-state index contributed by atoms with van der Waals surface area (Å²) in [5.41, 5.74) is 1.87. The van der Waals surface area contributed by atoms with Crippen LogP contribution in [0, 0.1) is 0 Å². The van der Waals surface area contributed by atoms with Crippen LogP contribution in [0.3, 0.4) is 0 Å². The first-order valence-corrected chi connectivity index (χ1v) is 9.52. The molecule has 1 aromatic heterocycles. The average molecular weight is 400 g/mol. The minimum absolute atomic E-state index is 0.0539. The number of amides is 1. The number of esters is 1. The van der Waals surface area contributed by atoms with Crippen molar-refractivity contribution in [2.45, 2.75) is 12.6 Å². The molecule has 4 aromatic rings. The van der Waals surface area contributed by atoms with Gasteiger partial charge in [-0.1, -0.05) is 54.6 Å². The molecule has 0 bridgehead atoms. The van der Waals surface area contributed by atoms with Crippen molar-refractivity contribution in [1.29, 1.82) is 0 Å². The highest BCUT2D eigenvalue weighted by Crippen LogP contribution is 2.20. The zero-order chi connectivity index (χ0) is 21.1. The highest BCUT2D eigenvalue weighted by molar-refractivity contribution is 5.95. The number of carbonyl (C=O) groups is 2. The molecule has 0 aliphatic rings. The Labute approximate surface area is 172 Å². The van der Waals surface area contributed by atoms with Crippen molar-refractivity contribution in [3.63, 3.8) is 0 Å². The van der Waals surface area contributed by atoms with Gasteiger partial charge in [-0.3, -0.25) is 9.59 Å². The minimum Gasteiger partial charge on any atom is -0.467 e. The normalized spacial score (nSPS) is 11.9. The van der Waals surface area contributed by atoms with Gasteiger partial charge in [-0.15, -0.1) is 0 Å². The summed E-state index contributed by atoms with van der Waals surface area (Å²) in [6.07, 6.45) is 0. The Kier molecular flexibility index (Phi) is 5.30. The Morgan fingerprint density at radius 3 is 1.97 bits per heavy atom. The van der Waals surface area contributed by atoms with Gasteiger partial charge in [-0.2, -0.15) is 0 Å². The summed E-state index contributed by atoms with van der Waals surface area (Å²) in [5, 5.41) is 3.84. The van der Waals surface area contributed by atoms with Crippen LogP contribution in [0.4, 0.5) is 0 Å². The lowest BCUT2D eigenvalue weighted by molar-refractivity contribution is -0.145. The standard InChI is InChI=1S/C24H20N2O4/c1-30-24(29)22(16-9-3-2-4-10-16)25-21(27)15-26-19-13-7-5-11-17(19)23(28)18-12-6-8-14-20(18)26/h2-14,22H,15H2,1H3,(H,25,27). The first-order valence-electron chi connectivity index (χ1n) is 9.52. The van der Waals surface area contributed by atoms with Gasteiger partial charge in [0.05, 0.1) is 18.1 Å². The van der Waals surface area contributed by atoms with Crippen LogP contribution in [0.5, 0.6) is 0 Å². The van der Waals surface area contributed by atoms with Gasteiger partial charge in [0.1, 0.15) is 6.54 Å². The Bertz CT molecular complexity index is 1240. The number of pyridine rings is 1. The second-order valence-corrected chi connectivity index (χ2v) is 6.88. The van der Waals surface area contributed by atoms with Crippen LogP contribution in [-0.4, -0.2) is 23.6 Å². The predicted molar refractivity (Wildman–Crippen MR) is 115 cm³/mol. The van der Waals surface area contributed by atoms with E-state index < -0.39 is 12.0 Å². The molecular weight excluding hydrogens is 380 g/mol. The van der Waals surface area contributed by atoms with Crippen LogP contribution >= 0.6 is 0 Å². The molecule has 1 atom stereocenters. The van der Waals surface area contributed by atoms with Crippen LogP contribution in [0.15, 0.2) is 83.7 Å². The highest BCUT2D eigenvalue weighted by Gasteiger charge is 2.24. The van der Waals surface area contributed by atoms with E-state index in [-0.39, 0.29) is 17.9 Å². The molecule has 0 fully saturated rings. The maximum Gasteiger partial charge on any atom is 0.333 e. The number of hydrogen-bond acceptors (Lipinski definition) is 4. The number of fused-ring (bicyclic) bond motifs is 2. The van der Waals surface area contributed by atoms with Gasteiger partial charge < -0.3 is 14.6 Å². The number of carbonyl (C=O) groups excluding carboxylic acids is 2. The number of hydrogen-bond donors (Lipinski definition) is 1. The van der Waals surface area contributed by atoms with Crippen LogP contribution in [-0.2, 0) is 20.9 Å². The second kappa shape index (κ2) is 8.21. The number of rotatable bonds is 5. The fourth-order valence-corrected chi connectivity index (χ4v) is 3.64. The monoisotopic (exact) mass is 400 g/mol. The largest absolute Gasteiger partial charge is 0.467 e. The zero-order valence-electron chi connectivity index (χ0n) is 16.4. The fourth-order valence-electron chi connectivity index (χ4n) is 3.64. The molecule has 0 aliphatic heterocycles. The van der Waals surface area contributed by atoms with Crippen molar-refractivity contribution in [2.75, 3.05) is 7.11 Å². The molecule has 4 rings (SSSR count). The number of nitrogens with one attached hydrogen (secondary N) is 1. The minimum atomic E-state index is -0.916. The van der Waals surface area contributed by atoms with Crippen molar-refractivity contribution in [2.24, 2.45) is 0 Å². The van der Waals surface area contributed by atoms with E-state index in [1.165, 1.54) is 7.11 Å². The first-order chi connectivity index (χ1) is 14.6. The summed E-state index contributed by atoms with van der Waals surface area (Å²) in [7, 11) is 1.28. The van der Waals surface area contributed by atoms with Gasteiger partial charge in [0.15, 0.2) is 11.5 Å². The van der Waals surface area contributed by atoms with Gasteiger partial charge in [-0.25, -0.2) is 4.79 Å². The average Bonchev–Trinajstić information content (AvgIpc) is 2.80. The fraction of sp³-hybridized carbons (Fsp3) is 0.125. The number of nitrogens with zero attached hydrogens (tertiary/aromatic N) is 1. The summed E-state index contributed by atoms with van der Waals surface area (Å²) in [4.78, 5) is 38.1. The smallest absolute Gasteiger partial charge is 0.333 e. The third-order valence-corrected chi connectivity index (χ3v) is 5.06. The van der Waals surface area contributed by atoms with E-state index >= 15 is 0 Å². The number of ether oxygens (including phenoxy) is 1. The lowest BCUT2D eigenvalue weighted by Gasteiger charge is -2.19. The highest BCUT2D eigenvalue weighted by atomic mass is 16.5. The van der Waals surface area contributed by atoms with Crippen molar-refractivity contribution in [3.05, 3.63) is 94.6 Å². The van der Waals surface area contributed by atoms with Crippen molar-refractivity contribution < 1.29 is 14.3 Å². The quantitative estimate of drug-likeness (QED) is 0.412. The molecule has 0 aliphatic carbocycles. The Morgan fingerprint density at radius 2 is 1.40 bits per heavy atom. The van der Waals surface area contributed by atoms with Gasteiger partial charge in [0.25, 0.3) is 0 Å². The number of aromatic nitrogens is 1. The van der Waals surface area contributed by atoms with Crippen LogP contribution < -0.4 is 10.7 Å². The topological polar surface area (TPSA) is 77.4 Å². The lowest BCUT2D eigenvalue weighted by Crippen LogP contribution is -2.36. The molecule has 0 saturated carbocycles. The summed E-state index contributed by atoms with van der Waals surface area (Å²) in [5.74, 6) is -0.919. The zero-order valence-corrected chi connectivity index (χ0v) is 16.4. The molecule has 0 spiro atoms. The molecule has 0 radical (unpaired) electrons. The van der Waals surface area contributed by atoms with E-state index in [0.29, 0.717) is 27.4 Å². The molecule has 1 unspecified atom stereocenters. The molecule has 3 aromatic carbocycles. The molecule has 30 heavy (non-hydrogen) atoms. The lowest BCUT2D eigenvalue weighted by atomic mass is 10.1. The van der Waals surface area contributed by atoms with E-state index in [1.807, 2.05) is 30.3 Å². The van der Waals surface area contributed by atoms with Crippen molar-refractivity contribution in [3.8, 4) is 0 Å². The molecule has 0 saturated heterocycles. The Hall–Kier alpha value is -3.93. The van der Waals surface area contributed by atoms with E-state index in [1.54, 1.807) is 53.1 Å². The Balaban J connectivity index is 1.74. The predicted octanol–water partition coefficient (Wildman–Crippen LogP) is 3.19. The molecule has 6 heteroatoms. The van der Waals surface area contributed by atoms with Gasteiger partial charge in [0.2, 0.25) is 5.91 Å². The van der Waals surface area contributed by atoms with Crippen molar-refractivity contribution >= 4 is 33.7 Å². The van der Waals surface area contributed by atoms with Crippen LogP contribution in [0.1, 0.15) is 11.6 Å². The summed E-state index contributed by atoms with van der Waals surface area (Å²) >= 11 is 0. The molecule has 1 heterocycles. The number of para-hydroxylation sites is 2. The third kappa shape index (κ3) is 3.55. The van der Waals surface area contributed by atoms with Crippen molar-refractivity contribution in [1.82, 2.24) is 9.88 Å². The van der Waals surface area contributed by atoms with E-state index in [0.717, 1.165) is 0 Å². The molecule has 1 N–H and O–H groups in total. The van der Waals surface area contributed by atoms with E-state index in [4.69, 9.17) is 4.74 Å². The second-order valence-electron chi connectivity index (χ2n) is 6.88. The molecule has 150 valence electrons. The van der Waals surface area contributed by atoms with Gasteiger partial charge in [-0.05, 0) is 29.8 Å². The van der Waals surface area contributed by atoms with Crippen LogP contribution in [0.25, 0.3) is 21.8 Å². The maximum absolute atomic E-state index is 13.0. The van der Waals surface area contributed by atoms with E-state index in [2.05, 4.69) is 5.32 Å². The first kappa shape index (κ1) is 19.4. The maximum atomic E-state index is 13.0. The molecular formula is C24H20N2O4. The van der Waals surface area contributed by atoms with E-state index in [9.17, 15) is 14.4 Å². The van der Waals surface area contributed by atoms with Crippen LogP contribution in [0.2, 0.25) is 0 Å².